The maximum Gasteiger partial charge on any atom is 0.0774 e. The van der Waals surface area contributed by atoms with E-state index >= 15 is 0 Å². The monoisotopic (exact) mass is 212 g/mol. The Morgan fingerprint density at radius 1 is 1.40 bits per heavy atom. The minimum absolute atomic E-state index is 0.376. The van der Waals surface area contributed by atoms with Crippen LogP contribution in [-0.4, -0.2) is 47.8 Å². The first-order chi connectivity index (χ1) is 7.23. The molecule has 1 aliphatic heterocycles. The number of hydrogen-bond acceptors (Lipinski definition) is 3. The Morgan fingerprint density at radius 2 is 2.13 bits per heavy atom. The third-order valence-corrected chi connectivity index (χ3v) is 3.99. The molecule has 2 aliphatic rings. The van der Waals surface area contributed by atoms with Gasteiger partial charge >= 0.3 is 0 Å². The summed E-state index contributed by atoms with van der Waals surface area (Å²) in [5, 5.41) is 13.8. The molecule has 2 fully saturated rings. The lowest BCUT2D eigenvalue weighted by Gasteiger charge is -2.34. The number of nitrogens with zero attached hydrogens (tertiary/aromatic N) is 1. The maximum absolute atomic E-state index is 10.4. The van der Waals surface area contributed by atoms with Crippen LogP contribution in [0.25, 0.3) is 0 Å². The van der Waals surface area contributed by atoms with Crippen molar-refractivity contribution in [2.45, 2.75) is 50.7 Å². The summed E-state index contributed by atoms with van der Waals surface area (Å²) in [4.78, 5) is 2.46. The van der Waals surface area contributed by atoms with Crippen molar-refractivity contribution in [2.24, 2.45) is 0 Å². The highest BCUT2D eigenvalue weighted by molar-refractivity contribution is 4.90. The SMILES string of the molecule is CCN(CC1(O)CCCC1)C1CCNC1. The summed E-state index contributed by atoms with van der Waals surface area (Å²) in [6.45, 7) is 6.39. The normalized spacial score (nSPS) is 30.2. The quantitative estimate of drug-likeness (QED) is 0.729. The van der Waals surface area contributed by atoms with Crippen LogP contribution in [0.4, 0.5) is 0 Å². The van der Waals surface area contributed by atoms with Crippen LogP contribution < -0.4 is 5.32 Å². The van der Waals surface area contributed by atoms with Crippen molar-refractivity contribution in [3.8, 4) is 0 Å². The van der Waals surface area contributed by atoms with Crippen LogP contribution in [0, 0.1) is 0 Å². The summed E-state index contributed by atoms with van der Waals surface area (Å²) >= 11 is 0. The smallest absolute Gasteiger partial charge is 0.0774 e. The lowest BCUT2D eigenvalue weighted by Crippen LogP contribution is -2.46. The highest BCUT2D eigenvalue weighted by atomic mass is 16.3. The highest BCUT2D eigenvalue weighted by Gasteiger charge is 2.35. The molecule has 0 aromatic rings. The van der Waals surface area contributed by atoms with Gasteiger partial charge < -0.3 is 10.4 Å². The molecule has 88 valence electrons. The molecular weight excluding hydrogens is 188 g/mol. The fourth-order valence-corrected chi connectivity index (χ4v) is 3.02. The number of aliphatic hydroxyl groups is 1. The van der Waals surface area contributed by atoms with Crippen molar-refractivity contribution in [1.82, 2.24) is 10.2 Å². The van der Waals surface area contributed by atoms with Gasteiger partial charge in [0.2, 0.25) is 0 Å². The predicted octanol–water partition coefficient (Wildman–Crippen LogP) is 0.975. The topological polar surface area (TPSA) is 35.5 Å². The van der Waals surface area contributed by atoms with Gasteiger partial charge in [-0.2, -0.15) is 0 Å². The standard InChI is InChI=1S/C12H24N2O/c1-2-14(11-5-8-13-9-11)10-12(15)6-3-4-7-12/h11,13,15H,2-10H2,1H3. The van der Waals surface area contributed by atoms with Crippen LogP contribution in [0.5, 0.6) is 0 Å². The average molecular weight is 212 g/mol. The highest BCUT2D eigenvalue weighted by Crippen LogP contribution is 2.30. The van der Waals surface area contributed by atoms with Crippen molar-refractivity contribution in [2.75, 3.05) is 26.2 Å². The third-order valence-electron chi connectivity index (χ3n) is 3.99. The Hall–Kier alpha value is -0.120. The van der Waals surface area contributed by atoms with E-state index in [0.717, 1.165) is 39.0 Å². The first-order valence-electron chi connectivity index (χ1n) is 6.41. The molecule has 1 aliphatic carbocycles. The van der Waals surface area contributed by atoms with Crippen molar-refractivity contribution in [3.05, 3.63) is 0 Å². The molecule has 0 radical (unpaired) electrons. The number of hydrogen-bond donors (Lipinski definition) is 2. The summed E-state index contributed by atoms with van der Waals surface area (Å²) < 4.78 is 0. The van der Waals surface area contributed by atoms with Gasteiger partial charge in [0.1, 0.15) is 0 Å². The van der Waals surface area contributed by atoms with Gasteiger partial charge in [-0.25, -0.2) is 0 Å². The minimum Gasteiger partial charge on any atom is -0.389 e. The Bertz CT molecular complexity index is 196. The van der Waals surface area contributed by atoms with E-state index in [4.69, 9.17) is 0 Å². The van der Waals surface area contributed by atoms with Gasteiger partial charge in [0.25, 0.3) is 0 Å². The van der Waals surface area contributed by atoms with Gasteiger partial charge in [-0.15, -0.1) is 0 Å². The molecule has 0 bridgehead atoms. The zero-order chi connectivity index (χ0) is 10.7. The number of likely N-dealkylation sites (N-methyl/N-ethyl adjacent to an activating group) is 1. The van der Waals surface area contributed by atoms with E-state index in [1.807, 2.05) is 0 Å². The number of nitrogens with one attached hydrogen (secondary N) is 1. The first kappa shape index (κ1) is 11.4. The van der Waals surface area contributed by atoms with E-state index in [1.54, 1.807) is 0 Å². The van der Waals surface area contributed by atoms with Crippen molar-refractivity contribution < 1.29 is 5.11 Å². The van der Waals surface area contributed by atoms with Crippen LogP contribution in [0.15, 0.2) is 0 Å². The first-order valence-corrected chi connectivity index (χ1v) is 6.41. The molecule has 1 atom stereocenters. The van der Waals surface area contributed by atoms with Crippen molar-refractivity contribution in [3.63, 3.8) is 0 Å². The Kier molecular flexibility index (Phi) is 3.65. The Balaban J connectivity index is 1.89. The predicted molar refractivity (Wildman–Crippen MR) is 61.9 cm³/mol. The molecular formula is C12H24N2O. The lowest BCUT2D eigenvalue weighted by atomic mass is 10.0. The largest absolute Gasteiger partial charge is 0.389 e. The fourth-order valence-electron chi connectivity index (χ4n) is 3.02. The average Bonchev–Trinajstić information content (AvgIpc) is 2.85. The summed E-state index contributed by atoms with van der Waals surface area (Å²) in [5.41, 5.74) is -0.376. The molecule has 0 aromatic carbocycles. The summed E-state index contributed by atoms with van der Waals surface area (Å²) in [7, 11) is 0. The Morgan fingerprint density at radius 3 is 2.67 bits per heavy atom. The molecule has 3 heteroatoms. The van der Waals surface area contributed by atoms with E-state index in [2.05, 4.69) is 17.1 Å². The van der Waals surface area contributed by atoms with Gasteiger partial charge in [-0.1, -0.05) is 19.8 Å². The molecule has 2 rings (SSSR count). The second-order valence-electron chi connectivity index (χ2n) is 5.14. The second kappa shape index (κ2) is 4.81. The van der Waals surface area contributed by atoms with Gasteiger partial charge in [0.15, 0.2) is 0 Å². The summed E-state index contributed by atoms with van der Waals surface area (Å²) in [5.74, 6) is 0. The van der Waals surface area contributed by atoms with Gasteiger partial charge in [-0.05, 0) is 32.4 Å². The molecule has 0 amide bonds. The van der Waals surface area contributed by atoms with Crippen molar-refractivity contribution in [1.29, 1.82) is 0 Å². The lowest BCUT2D eigenvalue weighted by molar-refractivity contribution is 0.000422. The van der Waals surface area contributed by atoms with Gasteiger partial charge in [0, 0.05) is 19.1 Å². The minimum atomic E-state index is -0.376. The van der Waals surface area contributed by atoms with Gasteiger partial charge in [0.05, 0.1) is 5.60 Å². The van der Waals surface area contributed by atoms with Gasteiger partial charge in [-0.3, -0.25) is 4.90 Å². The third kappa shape index (κ3) is 2.71. The van der Waals surface area contributed by atoms with Crippen LogP contribution >= 0.6 is 0 Å². The summed E-state index contributed by atoms with van der Waals surface area (Å²) in [6, 6.07) is 0.652. The Labute approximate surface area is 92.8 Å². The molecule has 1 saturated carbocycles. The zero-order valence-corrected chi connectivity index (χ0v) is 9.84. The maximum atomic E-state index is 10.4. The van der Waals surface area contributed by atoms with Crippen molar-refractivity contribution >= 4 is 0 Å². The van der Waals surface area contributed by atoms with E-state index in [9.17, 15) is 5.11 Å². The van der Waals surface area contributed by atoms with E-state index in [0.29, 0.717) is 6.04 Å². The van der Waals surface area contributed by atoms with E-state index < -0.39 is 0 Å². The van der Waals surface area contributed by atoms with Crippen LogP contribution in [-0.2, 0) is 0 Å². The molecule has 0 spiro atoms. The van der Waals surface area contributed by atoms with Crippen LogP contribution in [0.3, 0.4) is 0 Å². The molecule has 3 nitrogen and oxygen atoms in total. The zero-order valence-electron chi connectivity index (χ0n) is 9.84. The van der Waals surface area contributed by atoms with E-state index in [1.165, 1.54) is 19.3 Å². The fraction of sp³-hybridized carbons (Fsp3) is 1.00. The molecule has 1 heterocycles. The molecule has 15 heavy (non-hydrogen) atoms. The number of rotatable bonds is 4. The van der Waals surface area contributed by atoms with Crippen LogP contribution in [0.1, 0.15) is 39.0 Å². The summed E-state index contributed by atoms with van der Waals surface area (Å²) in [6.07, 6.45) is 5.66. The molecule has 1 unspecified atom stereocenters. The molecule has 2 N–H and O–H groups in total. The second-order valence-corrected chi connectivity index (χ2v) is 5.14. The molecule has 0 aromatic heterocycles. The molecule has 1 saturated heterocycles. The van der Waals surface area contributed by atoms with Crippen LogP contribution in [0.2, 0.25) is 0 Å². The van der Waals surface area contributed by atoms with E-state index in [-0.39, 0.29) is 5.60 Å².